The molecule has 5 amide bonds. The number of aliphatic hydroxyl groups excluding tert-OH is 1. The SMILES string of the molecule is CCCCCCCCCCN(CC(N)=O)C(=O)CN(CCCCCCCCCC)C(=O)CN(CCCCCCCCCC)C(=O)CN(CCCCCCCCCC)C(=O)CNCCO. The molecular weight excluding hydrogens is 805 g/mol. The summed E-state index contributed by atoms with van der Waals surface area (Å²) in [6, 6.07) is 0. The van der Waals surface area contributed by atoms with Crippen LogP contribution in [0.15, 0.2) is 0 Å². The second-order valence-electron chi connectivity index (χ2n) is 18.5. The maximum atomic E-state index is 14.4. The van der Waals surface area contributed by atoms with Crippen molar-refractivity contribution in [1.29, 1.82) is 0 Å². The zero-order valence-electron chi connectivity index (χ0n) is 42.3. The lowest BCUT2D eigenvalue weighted by atomic mass is 10.1. The molecule has 0 rings (SSSR count). The Bertz CT molecular complexity index is 1140. The first kappa shape index (κ1) is 61.3. The number of nitrogens with two attached hydrogens (primary N) is 1. The largest absolute Gasteiger partial charge is 0.395 e. The summed E-state index contributed by atoms with van der Waals surface area (Å²) in [5.41, 5.74) is 5.64. The van der Waals surface area contributed by atoms with Crippen molar-refractivity contribution in [3.8, 4) is 0 Å². The number of carbonyl (C=O) groups excluding carboxylic acids is 5. The number of nitrogens with one attached hydrogen (secondary N) is 1. The Kier molecular flexibility index (Phi) is 43.5. The molecule has 0 aromatic carbocycles. The monoisotopic (exact) mass is 907 g/mol. The zero-order chi connectivity index (χ0) is 47.3. The Morgan fingerprint density at radius 1 is 0.359 bits per heavy atom. The fourth-order valence-electron chi connectivity index (χ4n) is 8.28. The molecule has 0 spiro atoms. The Balaban J connectivity index is 6.15. The number of hydrogen-bond donors (Lipinski definition) is 3. The van der Waals surface area contributed by atoms with Gasteiger partial charge in [0.05, 0.1) is 39.3 Å². The molecule has 0 atom stereocenters. The summed E-state index contributed by atoms with van der Waals surface area (Å²) in [5, 5.41) is 12.3. The molecule has 0 aliphatic heterocycles. The fourth-order valence-corrected chi connectivity index (χ4v) is 8.28. The number of aliphatic hydroxyl groups is 1. The summed E-state index contributed by atoms with van der Waals surface area (Å²) in [5.74, 6) is -1.63. The van der Waals surface area contributed by atoms with Gasteiger partial charge in [-0.15, -0.1) is 0 Å². The van der Waals surface area contributed by atoms with Crippen LogP contribution in [0.1, 0.15) is 233 Å². The Morgan fingerprint density at radius 2 is 0.594 bits per heavy atom. The lowest BCUT2D eigenvalue weighted by molar-refractivity contribution is -0.146. The number of rotatable bonds is 48. The van der Waals surface area contributed by atoms with Gasteiger partial charge in [-0.1, -0.05) is 207 Å². The van der Waals surface area contributed by atoms with Gasteiger partial charge in [0, 0.05) is 32.7 Å². The Labute approximate surface area is 393 Å². The number of unbranched alkanes of at least 4 members (excludes halogenated alkanes) is 28. The normalized spacial score (nSPS) is 11.2. The highest BCUT2D eigenvalue weighted by atomic mass is 16.3. The first-order chi connectivity index (χ1) is 31.1. The fraction of sp³-hybridized carbons (Fsp3) is 0.904. The van der Waals surface area contributed by atoms with Crippen LogP contribution in [0, 0.1) is 0 Å². The second kappa shape index (κ2) is 45.4. The molecule has 4 N–H and O–H groups in total. The third kappa shape index (κ3) is 36.5. The van der Waals surface area contributed by atoms with Crippen LogP contribution in [0.5, 0.6) is 0 Å². The summed E-state index contributed by atoms with van der Waals surface area (Å²) in [7, 11) is 0. The van der Waals surface area contributed by atoms with E-state index in [1.165, 1.54) is 108 Å². The second-order valence-corrected chi connectivity index (χ2v) is 18.5. The molecule has 0 saturated carbocycles. The maximum Gasteiger partial charge on any atom is 0.242 e. The summed E-state index contributed by atoms with van der Waals surface area (Å²) < 4.78 is 0. The van der Waals surface area contributed by atoms with Crippen LogP contribution >= 0.6 is 0 Å². The van der Waals surface area contributed by atoms with E-state index in [-0.39, 0.29) is 69.5 Å². The molecule has 0 unspecified atom stereocenters. The van der Waals surface area contributed by atoms with E-state index in [2.05, 4.69) is 33.0 Å². The minimum absolute atomic E-state index is 0.0249. The first-order valence-electron chi connectivity index (χ1n) is 26.9. The molecule has 0 aliphatic carbocycles. The maximum absolute atomic E-state index is 14.4. The number of primary amides is 1. The van der Waals surface area contributed by atoms with Gasteiger partial charge in [0.1, 0.15) is 0 Å². The number of amides is 5. The zero-order valence-corrected chi connectivity index (χ0v) is 42.3. The van der Waals surface area contributed by atoms with Crippen molar-refractivity contribution in [2.24, 2.45) is 5.73 Å². The summed E-state index contributed by atoms with van der Waals surface area (Å²) in [6.45, 7) is 10.1. The van der Waals surface area contributed by atoms with Gasteiger partial charge >= 0.3 is 0 Å². The molecule has 0 radical (unpaired) electrons. The van der Waals surface area contributed by atoms with Crippen molar-refractivity contribution in [2.45, 2.75) is 233 Å². The van der Waals surface area contributed by atoms with Gasteiger partial charge in [-0.3, -0.25) is 24.0 Å². The molecule has 0 aromatic rings. The van der Waals surface area contributed by atoms with Crippen LogP contribution in [-0.2, 0) is 24.0 Å². The molecule has 0 heterocycles. The Morgan fingerprint density at radius 3 is 0.844 bits per heavy atom. The third-order valence-corrected chi connectivity index (χ3v) is 12.4. The lowest BCUT2D eigenvalue weighted by Gasteiger charge is -2.31. The summed E-state index contributed by atoms with van der Waals surface area (Å²) in [6.07, 6.45) is 35.3. The molecule has 0 bridgehead atoms. The smallest absolute Gasteiger partial charge is 0.242 e. The van der Waals surface area contributed by atoms with Gasteiger partial charge < -0.3 is 35.8 Å². The standard InChI is InChI=1S/C52H102N6O6/c1-5-9-13-17-21-25-29-33-38-55(44-48(53)60)50(62)46-57(40-35-31-27-23-19-15-11-7-3)52(64)47-58(41-36-32-28-24-20-16-12-8-4)51(63)45-56(49(61)43-54-37-42-59)39-34-30-26-22-18-14-10-6-2/h54,59H,5-47H2,1-4H3,(H2,53,60). The predicted molar refractivity (Wildman–Crippen MR) is 266 cm³/mol. The van der Waals surface area contributed by atoms with E-state index in [0.29, 0.717) is 26.2 Å². The van der Waals surface area contributed by atoms with Gasteiger partial charge in [0.15, 0.2) is 0 Å². The molecule has 0 saturated heterocycles. The molecule has 0 aromatic heterocycles. The summed E-state index contributed by atoms with van der Waals surface area (Å²) in [4.78, 5) is 74.6. The van der Waals surface area contributed by atoms with E-state index >= 15 is 0 Å². The topological polar surface area (TPSA) is 157 Å². The van der Waals surface area contributed by atoms with E-state index < -0.39 is 5.91 Å². The van der Waals surface area contributed by atoms with Crippen molar-refractivity contribution in [3.63, 3.8) is 0 Å². The predicted octanol–water partition coefficient (Wildman–Crippen LogP) is 9.93. The molecule has 12 nitrogen and oxygen atoms in total. The quantitative estimate of drug-likeness (QED) is 0.0513. The molecule has 12 heteroatoms. The van der Waals surface area contributed by atoms with E-state index in [1.807, 2.05) is 0 Å². The molecule has 64 heavy (non-hydrogen) atoms. The average Bonchev–Trinajstić information content (AvgIpc) is 3.27. The van der Waals surface area contributed by atoms with Crippen molar-refractivity contribution in [3.05, 3.63) is 0 Å². The van der Waals surface area contributed by atoms with E-state index in [4.69, 9.17) is 5.73 Å². The number of carbonyl (C=O) groups is 5. The van der Waals surface area contributed by atoms with Gasteiger partial charge in [-0.2, -0.15) is 0 Å². The number of hydrogen-bond acceptors (Lipinski definition) is 7. The molecule has 0 fully saturated rings. The van der Waals surface area contributed by atoms with Gasteiger partial charge in [0.2, 0.25) is 29.5 Å². The number of nitrogens with zero attached hydrogens (tertiary/aromatic N) is 4. The minimum atomic E-state index is -0.575. The van der Waals surface area contributed by atoms with Crippen molar-refractivity contribution < 1.29 is 29.1 Å². The van der Waals surface area contributed by atoms with Gasteiger partial charge in [-0.25, -0.2) is 0 Å². The highest BCUT2D eigenvalue weighted by molar-refractivity contribution is 5.91. The molecular formula is C52H102N6O6. The van der Waals surface area contributed by atoms with E-state index in [0.717, 1.165) is 103 Å². The van der Waals surface area contributed by atoms with Crippen molar-refractivity contribution in [2.75, 3.05) is 72.1 Å². The molecule has 0 aliphatic rings. The van der Waals surface area contributed by atoms with Gasteiger partial charge in [0.25, 0.3) is 0 Å². The van der Waals surface area contributed by atoms with Crippen LogP contribution in [0.25, 0.3) is 0 Å². The van der Waals surface area contributed by atoms with Crippen molar-refractivity contribution >= 4 is 29.5 Å². The first-order valence-corrected chi connectivity index (χ1v) is 26.9. The summed E-state index contributed by atoms with van der Waals surface area (Å²) >= 11 is 0. The minimum Gasteiger partial charge on any atom is -0.395 e. The third-order valence-electron chi connectivity index (χ3n) is 12.4. The lowest BCUT2D eigenvalue weighted by Crippen LogP contribution is -2.51. The van der Waals surface area contributed by atoms with Crippen LogP contribution in [0.4, 0.5) is 0 Å². The van der Waals surface area contributed by atoms with Gasteiger partial charge in [-0.05, 0) is 25.7 Å². The Hall–Kier alpha value is -2.73. The van der Waals surface area contributed by atoms with Crippen LogP contribution in [0.2, 0.25) is 0 Å². The van der Waals surface area contributed by atoms with Crippen LogP contribution in [-0.4, -0.2) is 126 Å². The van der Waals surface area contributed by atoms with Crippen molar-refractivity contribution in [1.82, 2.24) is 24.9 Å². The van der Waals surface area contributed by atoms with Crippen LogP contribution in [0.3, 0.4) is 0 Å². The molecule has 376 valence electrons. The van der Waals surface area contributed by atoms with E-state index in [1.54, 1.807) is 14.7 Å². The van der Waals surface area contributed by atoms with Crippen LogP contribution < -0.4 is 11.1 Å². The average molecular weight is 907 g/mol. The highest BCUT2D eigenvalue weighted by Crippen LogP contribution is 2.14. The van der Waals surface area contributed by atoms with E-state index in [9.17, 15) is 29.1 Å². The highest BCUT2D eigenvalue weighted by Gasteiger charge is 2.27.